The maximum absolute atomic E-state index is 13.0. The minimum atomic E-state index is -0.892. The summed E-state index contributed by atoms with van der Waals surface area (Å²) in [5.41, 5.74) is 0.637. The van der Waals surface area contributed by atoms with Gasteiger partial charge in [-0.25, -0.2) is 0 Å². The molecule has 1 aromatic carbocycles. The maximum atomic E-state index is 13.0. The summed E-state index contributed by atoms with van der Waals surface area (Å²) in [5.74, 6) is -1.25. The summed E-state index contributed by atoms with van der Waals surface area (Å²) < 4.78 is 35.2. The van der Waals surface area contributed by atoms with Crippen LogP contribution in [0.4, 0.5) is 5.69 Å². The fourth-order valence-corrected chi connectivity index (χ4v) is 3.84. The van der Waals surface area contributed by atoms with Gasteiger partial charge in [-0.2, -0.15) is 0 Å². The Bertz CT molecular complexity index is 733. The van der Waals surface area contributed by atoms with Crippen molar-refractivity contribution in [2.75, 3.05) is 11.9 Å². The standard InChI is InChI=1S/C20H27NO7/c1-6-23-12-9-7-11(8-10-12)21-17(22)15-13-14(26-19(2,3)25-13)16-18(24-15)28-20(4,5)27-16/h7-10,13-16,18H,6H2,1-5H3,(H,21,22)/t13-,14+,15+,16-,18-/m1/s1. The molecule has 3 aliphatic rings. The molecule has 0 spiro atoms. The second-order valence-corrected chi connectivity index (χ2v) is 8.04. The molecule has 1 aromatic rings. The van der Waals surface area contributed by atoms with Crippen LogP contribution in [0.3, 0.4) is 0 Å². The Morgan fingerprint density at radius 1 is 0.964 bits per heavy atom. The van der Waals surface area contributed by atoms with Gasteiger partial charge in [-0.05, 0) is 58.9 Å². The normalized spacial score (nSPS) is 35.1. The highest BCUT2D eigenvalue weighted by molar-refractivity contribution is 5.94. The monoisotopic (exact) mass is 393 g/mol. The lowest BCUT2D eigenvalue weighted by Crippen LogP contribution is -2.58. The van der Waals surface area contributed by atoms with E-state index in [1.54, 1.807) is 38.1 Å². The van der Waals surface area contributed by atoms with E-state index in [1.165, 1.54) is 0 Å². The second kappa shape index (κ2) is 6.96. The molecular weight excluding hydrogens is 366 g/mol. The van der Waals surface area contributed by atoms with Gasteiger partial charge in [0.2, 0.25) is 0 Å². The lowest BCUT2D eigenvalue weighted by atomic mass is 9.98. The third kappa shape index (κ3) is 3.75. The van der Waals surface area contributed by atoms with Gasteiger partial charge in [0.15, 0.2) is 24.0 Å². The number of rotatable bonds is 4. The molecule has 154 valence electrons. The van der Waals surface area contributed by atoms with Gasteiger partial charge in [0, 0.05) is 5.69 Å². The van der Waals surface area contributed by atoms with Crippen LogP contribution in [0.15, 0.2) is 24.3 Å². The minimum Gasteiger partial charge on any atom is -0.494 e. The molecule has 3 heterocycles. The SMILES string of the molecule is CCOc1ccc(NC(=O)[C@H]2O[C@@H]3OC(C)(C)O[C@@H]3[C@H]3OC(C)(C)O[C@H]32)cc1. The molecule has 4 rings (SSSR count). The van der Waals surface area contributed by atoms with Crippen LogP contribution in [0.5, 0.6) is 5.75 Å². The van der Waals surface area contributed by atoms with Crippen molar-refractivity contribution < 1.29 is 33.2 Å². The highest BCUT2D eigenvalue weighted by atomic mass is 16.9. The number of carbonyl (C=O) groups excluding carboxylic acids is 1. The molecule has 3 aliphatic heterocycles. The van der Waals surface area contributed by atoms with Gasteiger partial charge in [-0.3, -0.25) is 4.79 Å². The number of benzene rings is 1. The summed E-state index contributed by atoms with van der Waals surface area (Å²) in [6.45, 7) is 9.73. The van der Waals surface area contributed by atoms with E-state index in [-0.39, 0.29) is 5.91 Å². The molecule has 0 bridgehead atoms. The number of amides is 1. The maximum Gasteiger partial charge on any atom is 0.256 e. The van der Waals surface area contributed by atoms with E-state index in [0.29, 0.717) is 12.3 Å². The summed E-state index contributed by atoms with van der Waals surface area (Å²) in [4.78, 5) is 13.0. The Labute approximate surface area is 164 Å². The number of fused-ring (bicyclic) bond motifs is 3. The Balaban J connectivity index is 1.52. The third-order valence-electron chi connectivity index (χ3n) is 4.85. The first kappa shape index (κ1) is 19.6. The molecular formula is C20H27NO7. The van der Waals surface area contributed by atoms with Crippen molar-refractivity contribution in [3.63, 3.8) is 0 Å². The molecule has 3 fully saturated rings. The molecule has 8 nitrogen and oxygen atoms in total. The van der Waals surface area contributed by atoms with Crippen LogP contribution < -0.4 is 10.1 Å². The van der Waals surface area contributed by atoms with E-state index >= 15 is 0 Å². The number of carbonyl (C=O) groups is 1. The first-order chi connectivity index (χ1) is 13.2. The van der Waals surface area contributed by atoms with Crippen LogP contribution in [0, 0.1) is 0 Å². The zero-order chi connectivity index (χ0) is 20.1. The van der Waals surface area contributed by atoms with Gasteiger partial charge in [0.1, 0.15) is 24.1 Å². The van der Waals surface area contributed by atoms with Crippen LogP contribution in [0.1, 0.15) is 34.6 Å². The Morgan fingerprint density at radius 2 is 1.57 bits per heavy atom. The number of ether oxygens (including phenoxy) is 6. The summed E-state index contributed by atoms with van der Waals surface area (Å²) in [6, 6.07) is 7.16. The molecule has 0 unspecified atom stereocenters. The van der Waals surface area contributed by atoms with Gasteiger partial charge in [-0.15, -0.1) is 0 Å². The number of hydrogen-bond donors (Lipinski definition) is 1. The van der Waals surface area contributed by atoms with Crippen LogP contribution in [-0.2, 0) is 28.5 Å². The molecule has 28 heavy (non-hydrogen) atoms. The molecule has 5 atom stereocenters. The van der Waals surface area contributed by atoms with Crippen molar-refractivity contribution in [2.45, 2.75) is 76.9 Å². The highest BCUT2D eigenvalue weighted by Crippen LogP contribution is 2.44. The number of nitrogens with one attached hydrogen (secondary N) is 1. The fraction of sp³-hybridized carbons (Fsp3) is 0.650. The number of anilines is 1. The lowest BCUT2D eigenvalue weighted by Gasteiger charge is -2.36. The van der Waals surface area contributed by atoms with Crippen LogP contribution in [0.2, 0.25) is 0 Å². The van der Waals surface area contributed by atoms with E-state index in [2.05, 4.69) is 5.32 Å². The first-order valence-corrected chi connectivity index (χ1v) is 9.58. The van der Waals surface area contributed by atoms with E-state index < -0.39 is 42.3 Å². The van der Waals surface area contributed by atoms with Crippen LogP contribution >= 0.6 is 0 Å². The van der Waals surface area contributed by atoms with Crippen molar-refractivity contribution >= 4 is 11.6 Å². The highest BCUT2D eigenvalue weighted by Gasteiger charge is 2.62. The van der Waals surface area contributed by atoms with E-state index in [9.17, 15) is 4.79 Å². The fourth-order valence-electron chi connectivity index (χ4n) is 3.84. The quantitative estimate of drug-likeness (QED) is 0.841. The predicted molar refractivity (Wildman–Crippen MR) is 98.8 cm³/mol. The molecule has 8 heteroatoms. The predicted octanol–water partition coefficient (Wildman–Crippen LogP) is 2.42. The average Bonchev–Trinajstić information content (AvgIpc) is 3.10. The Kier molecular flexibility index (Phi) is 4.87. The van der Waals surface area contributed by atoms with Crippen molar-refractivity contribution in [1.82, 2.24) is 0 Å². The van der Waals surface area contributed by atoms with Crippen LogP contribution in [0.25, 0.3) is 0 Å². The Hall–Kier alpha value is -1.71. The Morgan fingerprint density at radius 3 is 2.25 bits per heavy atom. The van der Waals surface area contributed by atoms with E-state index in [4.69, 9.17) is 28.4 Å². The van der Waals surface area contributed by atoms with Gasteiger partial charge < -0.3 is 33.7 Å². The molecule has 0 aliphatic carbocycles. The molecule has 3 saturated heterocycles. The summed E-state index contributed by atoms with van der Waals surface area (Å²) in [7, 11) is 0. The average molecular weight is 393 g/mol. The summed E-state index contributed by atoms with van der Waals surface area (Å²) in [5, 5.41) is 2.87. The zero-order valence-corrected chi connectivity index (χ0v) is 16.8. The van der Waals surface area contributed by atoms with Gasteiger partial charge in [-0.1, -0.05) is 0 Å². The van der Waals surface area contributed by atoms with Gasteiger partial charge >= 0.3 is 0 Å². The van der Waals surface area contributed by atoms with Crippen molar-refractivity contribution in [1.29, 1.82) is 0 Å². The van der Waals surface area contributed by atoms with Gasteiger partial charge in [0.25, 0.3) is 5.91 Å². The smallest absolute Gasteiger partial charge is 0.256 e. The summed E-state index contributed by atoms with van der Waals surface area (Å²) in [6.07, 6.45) is -3.12. The van der Waals surface area contributed by atoms with E-state index in [0.717, 1.165) is 5.75 Å². The molecule has 0 radical (unpaired) electrons. The second-order valence-electron chi connectivity index (χ2n) is 8.04. The summed E-state index contributed by atoms with van der Waals surface area (Å²) >= 11 is 0. The largest absolute Gasteiger partial charge is 0.494 e. The van der Waals surface area contributed by atoms with Crippen molar-refractivity contribution in [2.24, 2.45) is 0 Å². The first-order valence-electron chi connectivity index (χ1n) is 9.58. The number of hydrogen-bond acceptors (Lipinski definition) is 7. The molecule has 1 amide bonds. The topological polar surface area (TPSA) is 84.5 Å². The van der Waals surface area contributed by atoms with Gasteiger partial charge in [0.05, 0.1) is 6.61 Å². The molecule has 0 saturated carbocycles. The molecule has 0 aromatic heterocycles. The minimum absolute atomic E-state index is 0.327. The zero-order valence-electron chi connectivity index (χ0n) is 16.8. The van der Waals surface area contributed by atoms with Crippen molar-refractivity contribution in [3.05, 3.63) is 24.3 Å². The van der Waals surface area contributed by atoms with Crippen LogP contribution in [-0.4, -0.2) is 54.8 Å². The third-order valence-corrected chi connectivity index (χ3v) is 4.85. The molecule has 1 N–H and O–H groups in total. The van der Waals surface area contributed by atoms with E-state index in [1.807, 2.05) is 20.8 Å². The van der Waals surface area contributed by atoms with Crippen molar-refractivity contribution in [3.8, 4) is 5.75 Å². The lowest BCUT2D eigenvalue weighted by molar-refractivity contribution is -0.229.